The molecule has 0 aliphatic carbocycles. The number of carbonyl (C=O) groups excluding carboxylic acids is 1. The van der Waals surface area contributed by atoms with Gasteiger partial charge in [0.25, 0.3) is 0 Å². The van der Waals surface area contributed by atoms with Crippen LogP contribution < -0.4 is 10.5 Å². The zero-order valence-corrected chi connectivity index (χ0v) is 12.0. The number of rotatable bonds is 5. The average Bonchev–Trinajstić information content (AvgIpc) is 2.88. The van der Waals surface area contributed by atoms with Gasteiger partial charge in [0.15, 0.2) is 7.28 Å². The highest BCUT2D eigenvalue weighted by Crippen LogP contribution is 2.33. The molecule has 0 fully saturated rings. The summed E-state index contributed by atoms with van der Waals surface area (Å²) in [6.45, 7) is 3.92. The van der Waals surface area contributed by atoms with E-state index in [0.29, 0.717) is 0 Å². The SMILES string of the molecule is C[B]c1ccc(C(c2ccccc2)C(C)C(N)=O)s1. The molecule has 4 heteroatoms. The van der Waals surface area contributed by atoms with Crippen LogP contribution in [0.5, 0.6) is 0 Å². The topological polar surface area (TPSA) is 43.1 Å². The minimum atomic E-state index is -0.260. The second-order valence-electron chi connectivity index (χ2n) is 4.61. The number of amides is 1. The van der Waals surface area contributed by atoms with Crippen LogP contribution in [0.25, 0.3) is 0 Å². The molecule has 1 radical (unpaired) electrons. The summed E-state index contributed by atoms with van der Waals surface area (Å²) < 4.78 is 1.22. The third kappa shape index (κ3) is 3.07. The van der Waals surface area contributed by atoms with E-state index in [1.807, 2.05) is 31.9 Å². The van der Waals surface area contributed by atoms with Crippen LogP contribution in [-0.2, 0) is 4.79 Å². The lowest BCUT2D eigenvalue weighted by Crippen LogP contribution is -2.26. The van der Waals surface area contributed by atoms with E-state index in [1.165, 1.54) is 9.65 Å². The summed E-state index contributed by atoms with van der Waals surface area (Å²) in [6, 6.07) is 14.3. The quantitative estimate of drug-likeness (QED) is 0.833. The number of hydrogen-bond donors (Lipinski definition) is 1. The second-order valence-corrected chi connectivity index (χ2v) is 5.76. The van der Waals surface area contributed by atoms with Gasteiger partial charge < -0.3 is 5.73 Å². The zero-order valence-electron chi connectivity index (χ0n) is 11.2. The molecular formula is C15H17BNOS. The normalized spacial score (nSPS) is 13.8. The molecule has 2 unspecified atom stereocenters. The molecule has 19 heavy (non-hydrogen) atoms. The van der Waals surface area contributed by atoms with Crippen LogP contribution in [0.1, 0.15) is 23.3 Å². The number of thiophene rings is 1. The van der Waals surface area contributed by atoms with Crippen LogP contribution >= 0.6 is 11.3 Å². The number of nitrogens with two attached hydrogens (primary N) is 1. The van der Waals surface area contributed by atoms with Gasteiger partial charge in [0.2, 0.25) is 5.91 Å². The van der Waals surface area contributed by atoms with E-state index < -0.39 is 0 Å². The van der Waals surface area contributed by atoms with Crippen molar-refractivity contribution in [3.8, 4) is 0 Å². The van der Waals surface area contributed by atoms with E-state index in [-0.39, 0.29) is 17.7 Å². The molecule has 0 saturated heterocycles. The third-order valence-electron chi connectivity index (χ3n) is 3.35. The van der Waals surface area contributed by atoms with Crippen molar-refractivity contribution in [3.05, 3.63) is 52.9 Å². The maximum absolute atomic E-state index is 11.6. The van der Waals surface area contributed by atoms with Gasteiger partial charge in [0.1, 0.15) is 0 Å². The van der Waals surface area contributed by atoms with Crippen LogP contribution in [-0.4, -0.2) is 13.2 Å². The predicted octanol–water partition coefficient (Wildman–Crippen LogP) is 2.38. The molecule has 0 aliphatic heterocycles. The molecule has 1 amide bonds. The van der Waals surface area contributed by atoms with Crippen molar-refractivity contribution in [1.29, 1.82) is 0 Å². The lowest BCUT2D eigenvalue weighted by atomic mass is 9.80. The van der Waals surface area contributed by atoms with Gasteiger partial charge in [0.05, 0.1) is 0 Å². The van der Waals surface area contributed by atoms with Crippen LogP contribution in [0, 0.1) is 5.92 Å². The molecule has 1 aromatic heterocycles. The van der Waals surface area contributed by atoms with Crippen LogP contribution in [0.15, 0.2) is 42.5 Å². The smallest absolute Gasteiger partial charge is 0.221 e. The Kier molecular flexibility index (Phi) is 4.43. The molecule has 2 atom stereocenters. The van der Waals surface area contributed by atoms with Crippen molar-refractivity contribution in [2.75, 3.05) is 0 Å². The van der Waals surface area contributed by atoms with Gasteiger partial charge >= 0.3 is 0 Å². The van der Waals surface area contributed by atoms with Crippen LogP contribution in [0.2, 0.25) is 6.82 Å². The summed E-state index contributed by atoms with van der Waals surface area (Å²) in [5.74, 6) is -0.438. The summed E-state index contributed by atoms with van der Waals surface area (Å²) in [5, 5.41) is 0. The standard InChI is InChI=1S/C15H17BNOS/c1-10(15(17)18)14(11-6-4-3-5-7-11)12-8-9-13(16-2)19-12/h3-10,14H,1-2H3,(H2,17,18). The van der Waals surface area contributed by atoms with Crippen molar-refractivity contribution in [2.24, 2.45) is 11.7 Å². The monoisotopic (exact) mass is 270 g/mol. The molecule has 2 rings (SSSR count). The molecule has 0 saturated carbocycles. The van der Waals surface area contributed by atoms with Gasteiger partial charge in [0, 0.05) is 16.7 Å². The average molecular weight is 270 g/mol. The second kappa shape index (κ2) is 6.07. The first kappa shape index (κ1) is 13.9. The summed E-state index contributed by atoms with van der Waals surface area (Å²) in [4.78, 5) is 12.8. The first-order chi connectivity index (χ1) is 9.13. The summed E-state index contributed by atoms with van der Waals surface area (Å²) in [5.41, 5.74) is 6.65. The molecule has 2 aromatic rings. The number of hydrogen-bond acceptors (Lipinski definition) is 2. The zero-order chi connectivity index (χ0) is 13.8. The fourth-order valence-electron chi connectivity index (χ4n) is 2.21. The van der Waals surface area contributed by atoms with Crippen molar-refractivity contribution >= 4 is 29.3 Å². The van der Waals surface area contributed by atoms with Crippen molar-refractivity contribution in [1.82, 2.24) is 0 Å². The Balaban J connectivity index is 2.42. The maximum Gasteiger partial charge on any atom is 0.221 e. The minimum Gasteiger partial charge on any atom is -0.369 e. The Bertz CT molecular complexity index is 552. The van der Waals surface area contributed by atoms with Crippen molar-refractivity contribution < 1.29 is 4.79 Å². The Morgan fingerprint density at radius 2 is 1.89 bits per heavy atom. The summed E-state index contributed by atoms with van der Waals surface area (Å²) in [6.07, 6.45) is 0. The van der Waals surface area contributed by atoms with Gasteiger partial charge in [-0.15, -0.1) is 0 Å². The Labute approximate surface area is 118 Å². The molecule has 0 aliphatic rings. The van der Waals surface area contributed by atoms with Gasteiger partial charge in [-0.2, -0.15) is 11.3 Å². The highest BCUT2D eigenvalue weighted by Gasteiger charge is 2.26. The van der Waals surface area contributed by atoms with E-state index in [0.717, 1.165) is 5.56 Å². The molecule has 2 nitrogen and oxygen atoms in total. The largest absolute Gasteiger partial charge is 0.369 e. The Morgan fingerprint density at radius 1 is 1.21 bits per heavy atom. The molecule has 1 aromatic carbocycles. The van der Waals surface area contributed by atoms with Crippen molar-refractivity contribution in [2.45, 2.75) is 19.7 Å². The highest BCUT2D eigenvalue weighted by molar-refractivity contribution is 7.21. The van der Waals surface area contributed by atoms with E-state index in [4.69, 9.17) is 5.73 Å². The van der Waals surface area contributed by atoms with Gasteiger partial charge in [-0.25, -0.2) is 0 Å². The van der Waals surface area contributed by atoms with Crippen LogP contribution in [0.3, 0.4) is 0 Å². The van der Waals surface area contributed by atoms with E-state index in [1.54, 1.807) is 11.3 Å². The van der Waals surface area contributed by atoms with Crippen molar-refractivity contribution in [3.63, 3.8) is 0 Å². The molecule has 0 spiro atoms. The third-order valence-corrected chi connectivity index (χ3v) is 4.58. The Hall–Kier alpha value is -1.55. The Morgan fingerprint density at radius 3 is 2.42 bits per heavy atom. The predicted molar refractivity (Wildman–Crippen MR) is 82.2 cm³/mol. The van der Waals surface area contributed by atoms with Gasteiger partial charge in [-0.1, -0.05) is 50.1 Å². The number of benzene rings is 1. The number of carbonyl (C=O) groups is 1. The molecular weight excluding hydrogens is 253 g/mol. The minimum absolute atomic E-state index is 0.0393. The number of primary amides is 1. The fraction of sp³-hybridized carbons (Fsp3) is 0.267. The van der Waals surface area contributed by atoms with E-state index in [9.17, 15) is 4.79 Å². The van der Waals surface area contributed by atoms with E-state index in [2.05, 4.69) is 31.5 Å². The first-order valence-corrected chi connectivity index (χ1v) is 7.18. The maximum atomic E-state index is 11.6. The van der Waals surface area contributed by atoms with Gasteiger partial charge in [-0.05, 0) is 16.4 Å². The highest BCUT2D eigenvalue weighted by atomic mass is 32.1. The lowest BCUT2D eigenvalue weighted by molar-refractivity contribution is -0.121. The first-order valence-electron chi connectivity index (χ1n) is 6.37. The molecule has 0 bridgehead atoms. The molecule has 2 N–H and O–H groups in total. The fourth-order valence-corrected chi connectivity index (χ4v) is 3.34. The van der Waals surface area contributed by atoms with Gasteiger partial charge in [-0.3, -0.25) is 4.79 Å². The van der Waals surface area contributed by atoms with Crippen LogP contribution in [0.4, 0.5) is 0 Å². The molecule has 97 valence electrons. The summed E-state index contributed by atoms with van der Waals surface area (Å²) >= 11 is 1.72. The molecule has 1 heterocycles. The van der Waals surface area contributed by atoms with E-state index >= 15 is 0 Å². The lowest BCUT2D eigenvalue weighted by Gasteiger charge is -2.21. The summed E-state index contributed by atoms with van der Waals surface area (Å²) in [7, 11) is 2.07.